The molecule has 1 fully saturated rings. The molecule has 3 aromatic rings. The Morgan fingerprint density at radius 3 is 2.32 bits per heavy atom. The summed E-state index contributed by atoms with van der Waals surface area (Å²) in [7, 11) is 1.30. The first-order chi connectivity index (χ1) is 29.7. The zero-order valence-electron chi connectivity index (χ0n) is 33.9. The second-order valence-corrected chi connectivity index (χ2v) is 14.8. The van der Waals surface area contributed by atoms with Crippen LogP contribution < -0.4 is 25.8 Å². The molecular weight excluding hydrogens is 818 g/mol. The standard InChI is InChI=1S/C42H49N3O17/c1-21-35(48)26(43)16-30(60-21)62-28-18-42(55,17-25-32(28)39(52)34-33(37(25)50)36(49)24-4-3-5-27(56-2)31(24)38(34)51)29(47)19-45-40(53)59-20-22-6-8-23(9-7-22)61-41(54)44-10-12-57-14-15-58-13-11-46/h3-9,21,26,28,30,35,46,48,50,52,55H,10-20,43H2,1-2H3,(H,44,54)(H,45,53)/t21?,26?,28-,30?,35?,42-/m0/s1. The SMILES string of the molecule is COc1cccc2c1C(=O)c1c(O)c3c(c(O)c1C2=O)C[C@@](O)(C(=O)CNC(=O)OCc1ccc(OC(=O)NCCOCCOCCO)cc1)C[C@@H]3OC1CC(N)C(O)C(C)O1. The lowest BCUT2D eigenvalue weighted by Crippen LogP contribution is -2.53. The number of nitrogens with two attached hydrogens (primary N) is 1. The Morgan fingerprint density at radius 1 is 0.919 bits per heavy atom. The van der Waals surface area contributed by atoms with Crippen LogP contribution in [0.5, 0.6) is 23.0 Å². The van der Waals surface area contributed by atoms with E-state index in [4.69, 9.17) is 44.0 Å². The van der Waals surface area contributed by atoms with Crippen LogP contribution in [0, 0.1) is 0 Å². The van der Waals surface area contributed by atoms with Crippen molar-refractivity contribution in [1.82, 2.24) is 10.6 Å². The number of methoxy groups -OCH3 is 1. The second kappa shape index (κ2) is 20.0. The van der Waals surface area contributed by atoms with Gasteiger partial charge in [-0.1, -0.05) is 24.3 Å². The van der Waals surface area contributed by atoms with Gasteiger partial charge in [-0.3, -0.25) is 14.4 Å². The molecular formula is C42H49N3O17. The Labute approximate surface area is 354 Å². The van der Waals surface area contributed by atoms with Crippen molar-refractivity contribution in [3.05, 3.63) is 81.4 Å². The number of ether oxygens (including phenoxy) is 7. The third kappa shape index (κ3) is 9.98. The molecule has 62 heavy (non-hydrogen) atoms. The fraction of sp³-hybridized carbons (Fsp3) is 0.452. The second-order valence-electron chi connectivity index (χ2n) is 14.8. The van der Waals surface area contributed by atoms with E-state index >= 15 is 0 Å². The van der Waals surface area contributed by atoms with E-state index in [2.05, 4.69) is 10.6 Å². The van der Waals surface area contributed by atoms with Gasteiger partial charge in [-0.05, 0) is 30.7 Å². The quantitative estimate of drug-likeness (QED) is 0.0543. The number of nitrogens with one attached hydrogen (secondary N) is 2. The number of hydrogen-bond donors (Lipinski definition) is 8. The Bertz CT molecular complexity index is 2150. The first kappa shape index (κ1) is 45.8. The minimum absolute atomic E-state index is 0.0529. The van der Waals surface area contributed by atoms with Gasteiger partial charge in [-0.25, -0.2) is 9.59 Å². The van der Waals surface area contributed by atoms with Gasteiger partial charge in [-0.2, -0.15) is 0 Å². The van der Waals surface area contributed by atoms with Crippen LogP contribution in [0.1, 0.15) is 74.4 Å². The summed E-state index contributed by atoms with van der Waals surface area (Å²) in [6, 6.07) is 9.52. The average Bonchev–Trinajstić information content (AvgIpc) is 3.25. The molecule has 0 aromatic heterocycles. The lowest BCUT2D eigenvalue weighted by Gasteiger charge is -2.42. The number of carbonyl (C=O) groups is 5. The van der Waals surface area contributed by atoms with Gasteiger partial charge in [0.05, 0.1) is 81.7 Å². The lowest BCUT2D eigenvalue weighted by molar-refractivity contribution is -0.247. The number of fused-ring (bicyclic) bond motifs is 3. The van der Waals surface area contributed by atoms with Gasteiger partial charge in [0.15, 0.2) is 17.9 Å². The Kier molecular flexibility index (Phi) is 14.8. The first-order valence-electron chi connectivity index (χ1n) is 19.8. The molecule has 334 valence electrons. The van der Waals surface area contributed by atoms with Crippen molar-refractivity contribution in [2.45, 2.75) is 69.0 Å². The first-order valence-corrected chi connectivity index (χ1v) is 19.8. The summed E-state index contributed by atoms with van der Waals surface area (Å²) in [5, 5.41) is 59.4. The van der Waals surface area contributed by atoms with Crippen molar-refractivity contribution in [3.8, 4) is 23.0 Å². The summed E-state index contributed by atoms with van der Waals surface area (Å²) in [6.45, 7) is 1.66. The highest BCUT2D eigenvalue weighted by atomic mass is 16.7. The van der Waals surface area contributed by atoms with Crippen LogP contribution in [0.25, 0.3) is 0 Å². The average molecular weight is 868 g/mol. The third-order valence-electron chi connectivity index (χ3n) is 10.7. The Balaban J connectivity index is 1.12. The molecule has 6 rings (SSSR count). The molecule has 1 aliphatic heterocycles. The number of phenols is 2. The molecule has 3 aromatic carbocycles. The smallest absolute Gasteiger partial charge is 0.412 e. The van der Waals surface area contributed by atoms with Crippen LogP contribution in [0.15, 0.2) is 42.5 Å². The maximum Gasteiger partial charge on any atom is 0.412 e. The van der Waals surface area contributed by atoms with Gasteiger partial charge in [0.1, 0.15) is 35.2 Å². The van der Waals surface area contributed by atoms with Gasteiger partial charge < -0.3 is 75.1 Å². The minimum Gasteiger partial charge on any atom is -0.507 e. The van der Waals surface area contributed by atoms with Crippen LogP contribution in [0.2, 0.25) is 0 Å². The molecule has 1 heterocycles. The number of amides is 2. The molecule has 9 N–H and O–H groups in total. The lowest BCUT2D eigenvalue weighted by atomic mass is 9.71. The van der Waals surface area contributed by atoms with Crippen molar-refractivity contribution in [1.29, 1.82) is 0 Å². The molecule has 3 aliphatic rings. The van der Waals surface area contributed by atoms with Crippen LogP contribution in [-0.2, 0) is 41.5 Å². The van der Waals surface area contributed by atoms with Crippen LogP contribution in [0.3, 0.4) is 0 Å². The van der Waals surface area contributed by atoms with Crippen LogP contribution in [0.4, 0.5) is 9.59 Å². The number of phenolic OH excluding ortho intramolecular Hbond substituents is 2. The van der Waals surface area contributed by atoms with E-state index in [-0.39, 0.29) is 73.1 Å². The molecule has 4 unspecified atom stereocenters. The molecule has 6 atom stereocenters. The molecule has 2 aliphatic carbocycles. The van der Waals surface area contributed by atoms with Gasteiger partial charge in [0.25, 0.3) is 0 Å². The summed E-state index contributed by atoms with van der Waals surface area (Å²) in [4.78, 5) is 66.4. The summed E-state index contributed by atoms with van der Waals surface area (Å²) in [5.41, 5.74) is 2.49. The molecule has 0 spiro atoms. The van der Waals surface area contributed by atoms with Gasteiger partial charge in [0.2, 0.25) is 5.78 Å². The van der Waals surface area contributed by atoms with Crippen molar-refractivity contribution in [3.63, 3.8) is 0 Å². The number of Topliss-reactive ketones (excluding diaryl/α,β-unsaturated/α-hetero) is 1. The van der Waals surface area contributed by atoms with Gasteiger partial charge in [0, 0.05) is 48.5 Å². The van der Waals surface area contributed by atoms with Crippen molar-refractivity contribution in [2.75, 3.05) is 53.2 Å². The highest BCUT2D eigenvalue weighted by Crippen LogP contribution is 2.52. The molecule has 20 nitrogen and oxygen atoms in total. The highest BCUT2D eigenvalue weighted by molar-refractivity contribution is 6.31. The number of benzene rings is 3. The van der Waals surface area contributed by atoms with Crippen LogP contribution in [-0.4, -0.2) is 138 Å². The van der Waals surface area contributed by atoms with Crippen molar-refractivity contribution < 1.29 is 82.7 Å². The van der Waals surface area contributed by atoms with E-state index in [1.165, 1.54) is 49.6 Å². The minimum atomic E-state index is -2.39. The van der Waals surface area contributed by atoms with E-state index in [1.54, 1.807) is 6.92 Å². The molecule has 20 heteroatoms. The number of rotatable bonds is 17. The fourth-order valence-corrected chi connectivity index (χ4v) is 7.53. The highest BCUT2D eigenvalue weighted by Gasteiger charge is 2.50. The maximum atomic E-state index is 14.0. The van der Waals surface area contributed by atoms with E-state index < -0.39 is 108 Å². The zero-order valence-corrected chi connectivity index (χ0v) is 33.9. The molecule has 1 saturated heterocycles. The summed E-state index contributed by atoms with van der Waals surface area (Å²) >= 11 is 0. The third-order valence-corrected chi connectivity index (χ3v) is 10.7. The summed E-state index contributed by atoms with van der Waals surface area (Å²) in [5.74, 6) is -3.82. The van der Waals surface area contributed by atoms with E-state index in [0.717, 1.165) is 0 Å². The van der Waals surface area contributed by atoms with Gasteiger partial charge >= 0.3 is 12.2 Å². The van der Waals surface area contributed by atoms with Crippen LogP contribution >= 0.6 is 0 Å². The van der Waals surface area contributed by atoms with E-state index in [9.17, 15) is 44.4 Å². The number of alkyl carbamates (subject to hydrolysis) is 1. The fourth-order valence-electron chi connectivity index (χ4n) is 7.53. The number of ketones is 3. The van der Waals surface area contributed by atoms with Gasteiger partial charge in [-0.15, -0.1) is 0 Å². The Morgan fingerprint density at radius 2 is 1.63 bits per heavy atom. The maximum absolute atomic E-state index is 14.0. The number of carbonyl (C=O) groups excluding carboxylic acids is 5. The number of aliphatic hydroxyl groups is 3. The molecule has 2 amide bonds. The van der Waals surface area contributed by atoms with Crippen molar-refractivity contribution in [2.24, 2.45) is 5.73 Å². The molecule has 0 radical (unpaired) electrons. The topological polar surface area (TPSA) is 301 Å². The summed E-state index contributed by atoms with van der Waals surface area (Å²) < 4.78 is 38.1. The summed E-state index contributed by atoms with van der Waals surface area (Å²) in [6.07, 6.45) is -7.50. The molecule has 0 bridgehead atoms. The number of aliphatic hydroxyl groups excluding tert-OH is 2. The normalized spacial score (nSPS) is 22.8. The molecule has 0 saturated carbocycles. The predicted molar refractivity (Wildman–Crippen MR) is 212 cm³/mol. The van der Waals surface area contributed by atoms with E-state index in [0.29, 0.717) is 18.8 Å². The van der Waals surface area contributed by atoms with E-state index in [1.807, 2.05) is 0 Å². The Hall–Kier alpha value is -5.71. The largest absolute Gasteiger partial charge is 0.507 e. The number of aromatic hydroxyl groups is 2. The zero-order chi connectivity index (χ0) is 44.7. The predicted octanol–water partition coefficient (Wildman–Crippen LogP) is 1.05. The monoisotopic (exact) mass is 867 g/mol. The number of hydrogen-bond acceptors (Lipinski definition) is 18. The van der Waals surface area contributed by atoms with Crippen molar-refractivity contribution >= 4 is 29.5 Å².